The highest BCUT2D eigenvalue weighted by Crippen LogP contribution is 2.68. The van der Waals surface area contributed by atoms with Crippen molar-refractivity contribution in [1.82, 2.24) is 16.0 Å². The molecule has 0 radical (unpaired) electrons. The first-order valence-corrected chi connectivity index (χ1v) is 20.3. The zero-order chi connectivity index (χ0) is 32.5. The number of nitrogens with one attached hydrogen (secondary N) is 3. The molecule has 0 aromatic rings. The van der Waals surface area contributed by atoms with Crippen LogP contribution in [0.15, 0.2) is 0 Å². The molecule has 0 bridgehead atoms. The predicted octanol–water partition coefficient (Wildman–Crippen LogP) is 6.32. The maximum atomic E-state index is 11.3. The van der Waals surface area contributed by atoms with Crippen LogP contribution in [0.3, 0.4) is 0 Å². The summed E-state index contributed by atoms with van der Waals surface area (Å²) in [5.41, 5.74) is 6.48. The second-order valence-electron chi connectivity index (χ2n) is 16.3. The van der Waals surface area contributed by atoms with Crippen LogP contribution in [0.2, 0.25) is 0 Å². The molecule has 0 amide bonds. The van der Waals surface area contributed by atoms with E-state index in [2.05, 4.69) is 29.8 Å². The Bertz CT molecular complexity index is 982. The molecule has 4 saturated carbocycles. The van der Waals surface area contributed by atoms with E-state index >= 15 is 0 Å². The molecule has 264 valence electrons. The normalized spacial score (nSPS) is 35.6. The van der Waals surface area contributed by atoms with Crippen molar-refractivity contribution in [3.8, 4) is 0 Å². The monoisotopic (exact) mass is 655 g/mol. The molecule has 0 aromatic carbocycles. The zero-order valence-electron chi connectivity index (χ0n) is 29.3. The Morgan fingerprint density at radius 3 is 2.18 bits per heavy atom. The maximum Gasteiger partial charge on any atom is 0.397 e. The van der Waals surface area contributed by atoms with Crippen molar-refractivity contribution in [2.24, 2.45) is 52.1 Å². The van der Waals surface area contributed by atoms with Crippen molar-refractivity contribution in [2.45, 2.75) is 143 Å². The molecule has 4 aliphatic carbocycles. The highest BCUT2D eigenvalue weighted by atomic mass is 32.3. The number of hydrogen-bond acceptors (Lipinski definition) is 7. The first-order chi connectivity index (χ1) is 21.5. The van der Waals surface area contributed by atoms with Gasteiger partial charge in [0.1, 0.15) is 0 Å². The van der Waals surface area contributed by atoms with E-state index in [1.165, 1.54) is 77.0 Å². The summed E-state index contributed by atoms with van der Waals surface area (Å²) in [5, 5.41) is 11.1. The summed E-state index contributed by atoms with van der Waals surface area (Å²) in [4.78, 5) is 0. The van der Waals surface area contributed by atoms with Crippen LogP contribution < -0.4 is 21.7 Å². The lowest BCUT2D eigenvalue weighted by Crippen LogP contribution is -2.55. The molecule has 9 atom stereocenters. The maximum absolute atomic E-state index is 11.3. The van der Waals surface area contributed by atoms with Crippen molar-refractivity contribution in [3.05, 3.63) is 0 Å². The van der Waals surface area contributed by atoms with Crippen molar-refractivity contribution >= 4 is 10.4 Å². The van der Waals surface area contributed by atoms with Crippen LogP contribution >= 0.6 is 0 Å². The second kappa shape index (κ2) is 17.4. The summed E-state index contributed by atoms with van der Waals surface area (Å²) in [6.07, 6.45) is 19.5. The van der Waals surface area contributed by atoms with Crippen LogP contribution in [0.25, 0.3) is 0 Å². The Labute approximate surface area is 276 Å². The fourth-order valence-electron chi connectivity index (χ4n) is 10.7. The van der Waals surface area contributed by atoms with Crippen LogP contribution in [0.1, 0.15) is 130 Å². The van der Waals surface area contributed by atoms with Gasteiger partial charge in [0.25, 0.3) is 0 Å². The SMILES string of the molecule is CC(C)C(CCCC1CCC2C3CCC4CC(NCCCNCCCCNCCCN)CCC4(C)C3CCC12C)OS(=O)(=O)O. The van der Waals surface area contributed by atoms with E-state index in [1.807, 2.05) is 13.8 Å². The van der Waals surface area contributed by atoms with Gasteiger partial charge >= 0.3 is 10.4 Å². The van der Waals surface area contributed by atoms with E-state index in [0.717, 1.165) is 88.1 Å². The van der Waals surface area contributed by atoms with Gasteiger partial charge in [-0.25, -0.2) is 4.18 Å². The highest BCUT2D eigenvalue weighted by molar-refractivity contribution is 7.80. The highest BCUT2D eigenvalue weighted by Gasteiger charge is 2.59. The third-order valence-corrected chi connectivity index (χ3v) is 13.9. The standard InChI is InChI=1S/C36H70N4O4S/c1-27(2)34(44-45(41,42)43)11-7-10-28-13-15-32-31-14-12-29-26-30(16-18-36(29,4)33(31)17-19-35(28,32)3)40-25-9-24-39-22-6-5-21-38-23-8-20-37/h27-34,38-40H,5-26,37H2,1-4H3,(H,41,42,43). The molecule has 4 rings (SSSR count). The lowest BCUT2D eigenvalue weighted by atomic mass is 9.44. The fraction of sp³-hybridized carbons (Fsp3) is 1.00. The van der Waals surface area contributed by atoms with Gasteiger partial charge in [-0.1, -0.05) is 34.1 Å². The van der Waals surface area contributed by atoms with Gasteiger partial charge in [0.15, 0.2) is 0 Å². The number of rotatable bonds is 20. The van der Waals surface area contributed by atoms with E-state index in [1.54, 1.807) is 0 Å². The van der Waals surface area contributed by atoms with Gasteiger partial charge in [-0.2, -0.15) is 8.42 Å². The van der Waals surface area contributed by atoms with Gasteiger partial charge in [-0.05, 0) is 182 Å². The van der Waals surface area contributed by atoms with E-state index in [0.29, 0.717) is 23.3 Å². The summed E-state index contributed by atoms with van der Waals surface area (Å²) < 4.78 is 36.9. The first-order valence-electron chi connectivity index (χ1n) is 19.0. The van der Waals surface area contributed by atoms with Gasteiger partial charge in [0, 0.05) is 6.04 Å². The molecular weight excluding hydrogens is 584 g/mol. The molecule has 0 saturated heterocycles. The van der Waals surface area contributed by atoms with Crippen LogP contribution in [0.5, 0.6) is 0 Å². The summed E-state index contributed by atoms with van der Waals surface area (Å²) >= 11 is 0. The Morgan fingerprint density at radius 2 is 1.49 bits per heavy atom. The largest absolute Gasteiger partial charge is 0.397 e. The molecule has 0 heterocycles. The van der Waals surface area contributed by atoms with Gasteiger partial charge in [-0.3, -0.25) is 4.55 Å². The summed E-state index contributed by atoms with van der Waals surface area (Å²) in [6.45, 7) is 15.5. The third kappa shape index (κ3) is 10.1. The molecule has 45 heavy (non-hydrogen) atoms. The smallest absolute Gasteiger partial charge is 0.330 e. The van der Waals surface area contributed by atoms with E-state index in [-0.39, 0.29) is 5.92 Å². The van der Waals surface area contributed by atoms with Crippen molar-refractivity contribution < 1.29 is 17.2 Å². The molecular formula is C36H70N4O4S. The number of nitrogens with two attached hydrogens (primary N) is 1. The lowest BCUT2D eigenvalue weighted by Gasteiger charge is -2.61. The lowest BCUT2D eigenvalue weighted by molar-refractivity contribution is -0.115. The average Bonchev–Trinajstić information content (AvgIpc) is 3.32. The quantitative estimate of drug-likeness (QED) is 0.0764. The molecule has 9 heteroatoms. The Hall–Kier alpha value is -0.290. The van der Waals surface area contributed by atoms with Crippen LogP contribution in [-0.2, 0) is 14.6 Å². The van der Waals surface area contributed by atoms with Crippen molar-refractivity contribution in [1.29, 1.82) is 0 Å². The van der Waals surface area contributed by atoms with Crippen molar-refractivity contribution in [3.63, 3.8) is 0 Å². The third-order valence-electron chi connectivity index (χ3n) is 13.4. The fourth-order valence-corrected chi connectivity index (χ4v) is 11.4. The molecule has 0 aliphatic heterocycles. The van der Waals surface area contributed by atoms with Crippen molar-refractivity contribution in [2.75, 3.05) is 39.3 Å². The minimum Gasteiger partial charge on any atom is -0.330 e. The minimum atomic E-state index is -4.41. The molecule has 4 fully saturated rings. The second-order valence-corrected chi connectivity index (χ2v) is 17.4. The molecule has 6 N–H and O–H groups in total. The zero-order valence-corrected chi connectivity index (χ0v) is 30.1. The predicted molar refractivity (Wildman–Crippen MR) is 185 cm³/mol. The van der Waals surface area contributed by atoms with Gasteiger partial charge in [0.2, 0.25) is 0 Å². The number of fused-ring (bicyclic) bond motifs is 5. The van der Waals surface area contributed by atoms with Crippen LogP contribution in [0, 0.1) is 46.3 Å². The first kappa shape index (κ1) is 37.5. The molecule has 9 unspecified atom stereocenters. The van der Waals surface area contributed by atoms with Gasteiger partial charge < -0.3 is 21.7 Å². The summed E-state index contributed by atoms with van der Waals surface area (Å²) in [5.74, 6) is 4.29. The minimum absolute atomic E-state index is 0.0624. The van der Waals surface area contributed by atoms with E-state index < -0.39 is 16.5 Å². The van der Waals surface area contributed by atoms with E-state index in [9.17, 15) is 13.0 Å². The summed E-state index contributed by atoms with van der Waals surface area (Å²) in [7, 11) is -4.41. The van der Waals surface area contributed by atoms with Gasteiger partial charge in [-0.15, -0.1) is 0 Å². The average molecular weight is 655 g/mol. The molecule has 8 nitrogen and oxygen atoms in total. The number of hydrogen-bond donors (Lipinski definition) is 5. The Morgan fingerprint density at radius 1 is 0.822 bits per heavy atom. The van der Waals surface area contributed by atoms with Gasteiger partial charge in [0.05, 0.1) is 6.10 Å². The number of unbranched alkanes of at least 4 members (excludes halogenated alkanes) is 1. The topological polar surface area (TPSA) is 126 Å². The Kier molecular flexibility index (Phi) is 14.5. The van der Waals surface area contributed by atoms with Crippen LogP contribution in [0.4, 0.5) is 0 Å². The molecule has 0 spiro atoms. The Balaban J connectivity index is 1.16. The summed E-state index contributed by atoms with van der Waals surface area (Å²) in [6, 6.07) is 0.698. The molecule has 0 aromatic heterocycles. The van der Waals surface area contributed by atoms with Crippen LogP contribution in [-0.4, -0.2) is 64.4 Å². The van der Waals surface area contributed by atoms with E-state index in [4.69, 9.17) is 9.92 Å². The molecule has 4 aliphatic rings.